The summed E-state index contributed by atoms with van der Waals surface area (Å²) in [7, 11) is 0. The fourth-order valence-corrected chi connectivity index (χ4v) is 2.41. The largest absolute Gasteiger partial charge is 0.353 e. The number of benzene rings is 2. The van der Waals surface area contributed by atoms with Gasteiger partial charge in [-0.05, 0) is 22.8 Å². The lowest BCUT2D eigenvalue weighted by atomic mass is 10.0. The summed E-state index contributed by atoms with van der Waals surface area (Å²) in [5, 5.41) is 8.61. The Bertz CT molecular complexity index is 579. The Morgan fingerprint density at radius 1 is 1.06 bits per heavy atom. The summed E-state index contributed by atoms with van der Waals surface area (Å²) in [5.41, 5.74) is 1.20. The van der Waals surface area contributed by atoms with Gasteiger partial charge in [0.1, 0.15) is 0 Å². The van der Waals surface area contributed by atoms with E-state index in [-0.39, 0.29) is 11.9 Å². The molecular formula is C15H16N2O. The molecule has 3 rings (SSSR count). The molecule has 0 aliphatic carbocycles. The predicted octanol–water partition coefficient (Wildman–Crippen LogP) is 1.47. The van der Waals surface area contributed by atoms with Gasteiger partial charge in [0.15, 0.2) is 0 Å². The minimum Gasteiger partial charge on any atom is -0.353 e. The van der Waals surface area contributed by atoms with E-state index in [0.29, 0.717) is 0 Å². The molecule has 0 radical (unpaired) electrons. The molecule has 1 aliphatic heterocycles. The van der Waals surface area contributed by atoms with Crippen molar-refractivity contribution in [2.75, 3.05) is 13.1 Å². The summed E-state index contributed by atoms with van der Waals surface area (Å²) in [6, 6.07) is 14.6. The third-order valence-corrected chi connectivity index (χ3v) is 3.39. The summed E-state index contributed by atoms with van der Waals surface area (Å²) in [6.45, 7) is 1.58. The zero-order chi connectivity index (χ0) is 12.4. The van der Waals surface area contributed by atoms with E-state index in [1.165, 1.54) is 16.3 Å². The van der Waals surface area contributed by atoms with Crippen LogP contribution in [0.4, 0.5) is 0 Å². The molecule has 1 atom stereocenters. The monoisotopic (exact) mass is 240 g/mol. The molecule has 2 aromatic carbocycles. The molecule has 0 aromatic heterocycles. The minimum atomic E-state index is -0.0973. The first-order valence-electron chi connectivity index (χ1n) is 6.32. The Hall–Kier alpha value is -1.87. The Balaban J connectivity index is 1.83. The maximum atomic E-state index is 11.7. The van der Waals surface area contributed by atoms with Crippen molar-refractivity contribution in [2.45, 2.75) is 12.5 Å². The normalized spacial score (nSPS) is 19.8. The zero-order valence-corrected chi connectivity index (χ0v) is 10.1. The molecule has 3 nitrogen and oxygen atoms in total. The molecule has 0 spiro atoms. The highest BCUT2D eigenvalue weighted by Crippen LogP contribution is 2.16. The highest BCUT2D eigenvalue weighted by atomic mass is 16.2. The van der Waals surface area contributed by atoms with Crippen LogP contribution in [-0.2, 0) is 11.2 Å². The topological polar surface area (TPSA) is 41.1 Å². The van der Waals surface area contributed by atoms with Gasteiger partial charge in [-0.3, -0.25) is 4.79 Å². The molecule has 1 saturated heterocycles. The van der Waals surface area contributed by atoms with Gasteiger partial charge in [0, 0.05) is 13.1 Å². The first-order valence-corrected chi connectivity index (χ1v) is 6.32. The fourth-order valence-electron chi connectivity index (χ4n) is 2.41. The molecule has 18 heavy (non-hydrogen) atoms. The van der Waals surface area contributed by atoms with Crippen LogP contribution in [0.2, 0.25) is 0 Å². The number of amides is 1. The molecule has 1 amide bonds. The van der Waals surface area contributed by atoms with Crippen LogP contribution in [-0.4, -0.2) is 25.0 Å². The summed E-state index contributed by atoms with van der Waals surface area (Å²) >= 11 is 0. The Morgan fingerprint density at radius 3 is 2.72 bits per heavy atom. The number of rotatable bonds is 2. The smallest absolute Gasteiger partial charge is 0.237 e. The van der Waals surface area contributed by atoms with Crippen molar-refractivity contribution in [1.29, 1.82) is 0 Å². The molecule has 3 heteroatoms. The number of carbonyl (C=O) groups is 1. The van der Waals surface area contributed by atoms with Crippen LogP contribution < -0.4 is 10.6 Å². The van der Waals surface area contributed by atoms with E-state index in [1.54, 1.807) is 0 Å². The SMILES string of the molecule is O=C1NCCN[C@H]1Cc1ccc2ccccc2c1. The van der Waals surface area contributed by atoms with Crippen molar-refractivity contribution in [3.8, 4) is 0 Å². The van der Waals surface area contributed by atoms with Gasteiger partial charge in [-0.25, -0.2) is 0 Å². The highest BCUT2D eigenvalue weighted by Gasteiger charge is 2.21. The number of piperazine rings is 1. The molecule has 2 aromatic rings. The molecular weight excluding hydrogens is 224 g/mol. The van der Waals surface area contributed by atoms with Crippen LogP contribution in [0.15, 0.2) is 42.5 Å². The van der Waals surface area contributed by atoms with E-state index in [2.05, 4.69) is 41.0 Å². The minimum absolute atomic E-state index is 0.0973. The molecule has 1 fully saturated rings. The molecule has 2 N–H and O–H groups in total. The molecule has 1 aliphatic rings. The lowest BCUT2D eigenvalue weighted by Gasteiger charge is -2.23. The van der Waals surface area contributed by atoms with E-state index < -0.39 is 0 Å². The predicted molar refractivity (Wildman–Crippen MR) is 72.5 cm³/mol. The molecule has 1 heterocycles. The van der Waals surface area contributed by atoms with E-state index >= 15 is 0 Å². The van der Waals surface area contributed by atoms with Crippen LogP contribution in [0, 0.1) is 0 Å². The number of nitrogens with one attached hydrogen (secondary N) is 2. The Kier molecular flexibility index (Phi) is 2.99. The van der Waals surface area contributed by atoms with Crippen LogP contribution in [0.25, 0.3) is 10.8 Å². The summed E-state index contributed by atoms with van der Waals surface area (Å²) < 4.78 is 0. The van der Waals surface area contributed by atoms with Crippen molar-refractivity contribution >= 4 is 16.7 Å². The average Bonchev–Trinajstić information content (AvgIpc) is 2.41. The van der Waals surface area contributed by atoms with Gasteiger partial charge in [0.25, 0.3) is 0 Å². The molecule has 0 unspecified atom stereocenters. The van der Waals surface area contributed by atoms with Gasteiger partial charge in [-0.15, -0.1) is 0 Å². The number of carbonyl (C=O) groups excluding carboxylic acids is 1. The van der Waals surface area contributed by atoms with Crippen LogP contribution in [0.1, 0.15) is 5.56 Å². The Labute approximate surface area is 106 Å². The first kappa shape index (κ1) is 11.2. The first-order chi connectivity index (χ1) is 8.83. The van der Waals surface area contributed by atoms with Crippen molar-refractivity contribution in [3.63, 3.8) is 0 Å². The molecule has 0 bridgehead atoms. The average molecular weight is 240 g/mol. The second-order valence-electron chi connectivity index (χ2n) is 4.68. The standard InChI is InChI=1S/C15H16N2O/c18-15-14(16-7-8-17-15)10-11-5-6-12-3-1-2-4-13(12)9-11/h1-6,9,14,16H,7-8,10H2,(H,17,18)/t14-/m0/s1. The van der Waals surface area contributed by atoms with E-state index in [0.717, 1.165) is 19.5 Å². The van der Waals surface area contributed by atoms with Gasteiger partial charge in [0.2, 0.25) is 5.91 Å². The van der Waals surface area contributed by atoms with Crippen LogP contribution in [0.5, 0.6) is 0 Å². The van der Waals surface area contributed by atoms with E-state index in [4.69, 9.17) is 0 Å². The molecule has 0 saturated carbocycles. The quantitative estimate of drug-likeness (QED) is 0.834. The summed E-state index contributed by atoms with van der Waals surface area (Å²) in [6.07, 6.45) is 0.747. The lowest BCUT2D eigenvalue weighted by Crippen LogP contribution is -2.53. The third-order valence-electron chi connectivity index (χ3n) is 3.39. The van der Waals surface area contributed by atoms with Gasteiger partial charge < -0.3 is 10.6 Å². The van der Waals surface area contributed by atoms with Crippen molar-refractivity contribution < 1.29 is 4.79 Å². The summed E-state index contributed by atoms with van der Waals surface area (Å²) in [5.74, 6) is 0.106. The highest BCUT2D eigenvalue weighted by molar-refractivity contribution is 5.84. The Morgan fingerprint density at radius 2 is 1.89 bits per heavy atom. The second-order valence-corrected chi connectivity index (χ2v) is 4.68. The second kappa shape index (κ2) is 4.78. The molecule has 92 valence electrons. The van der Waals surface area contributed by atoms with Crippen molar-refractivity contribution in [3.05, 3.63) is 48.0 Å². The van der Waals surface area contributed by atoms with Crippen LogP contribution in [0.3, 0.4) is 0 Å². The van der Waals surface area contributed by atoms with Gasteiger partial charge in [-0.1, -0.05) is 42.5 Å². The lowest BCUT2D eigenvalue weighted by molar-refractivity contribution is -0.124. The third kappa shape index (κ3) is 2.22. The van der Waals surface area contributed by atoms with Gasteiger partial charge in [0.05, 0.1) is 6.04 Å². The fraction of sp³-hybridized carbons (Fsp3) is 0.267. The van der Waals surface area contributed by atoms with Gasteiger partial charge >= 0.3 is 0 Å². The number of hydrogen-bond acceptors (Lipinski definition) is 2. The van der Waals surface area contributed by atoms with Gasteiger partial charge in [-0.2, -0.15) is 0 Å². The van der Waals surface area contributed by atoms with Crippen LogP contribution >= 0.6 is 0 Å². The van der Waals surface area contributed by atoms with E-state index in [9.17, 15) is 4.79 Å². The summed E-state index contributed by atoms with van der Waals surface area (Å²) in [4.78, 5) is 11.7. The maximum absolute atomic E-state index is 11.7. The van der Waals surface area contributed by atoms with Crippen molar-refractivity contribution in [2.24, 2.45) is 0 Å². The maximum Gasteiger partial charge on any atom is 0.237 e. The number of fused-ring (bicyclic) bond motifs is 1. The number of hydrogen-bond donors (Lipinski definition) is 2. The van der Waals surface area contributed by atoms with Crippen molar-refractivity contribution in [1.82, 2.24) is 10.6 Å². The van der Waals surface area contributed by atoms with E-state index in [1.807, 2.05) is 12.1 Å². The zero-order valence-electron chi connectivity index (χ0n) is 10.1.